The van der Waals surface area contributed by atoms with Gasteiger partial charge in [0, 0.05) is 5.69 Å². The van der Waals surface area contributed by atoms with Crippen LogP contribution in [0.25, 0.3) is 0 Å². The lowest BCUT2D eigenvalue weighted by Gasteiger charge is -2.17. The van der Waals surface area contributed by atoms with Crippen molar-refractivity contribution in [1.82, 2.24) is 0 Å². The van der Waals surface area contributed by atoms with Gasteiger partial charge in [0.05, 0.1) is 15.6 Å². The zero-order valence-electron chi connectivity index (χ0n) is 14.4. The third-order valence-corrected chi connectivity index (χ3v) is 4.47. The summed E-state index contributed by atoms with van der Waals surface area (Å²) < 4.78 is 5.22. The standard InChI is InChI=1S/C19H19Cl2NO3/c1-10-7-11(2)17(12(3)8-10)22-18(23)13(4)25-19(24)14-5-6-15(20)16(21)9-14/h5-9,13H,1-4H3,(H,22,23)/t13-/m1/s1. The third-order valence-electron chi connectivity index (χ3n) is 3.73. The van der Waals surface area contributed by atoms with Crippen LogP contribution in [0.15, 0.2) is 30.3 Å². The summed E-state index contributed by atoms with van der Waals surface area (Å²) in [6.45, 7) is 7.35. The Hall–Kier alpha value is -2.04. The van der Waals surface area contributed by atoms with Crippen LogP contribution in [0.3, 0.4) is 0 Å². The monoisotopic (exact) mass is 379 g/mol. The maximum Gasteiger partial charge on any atom is 0.338 e. The van der Waals surface area contributed by atoms with Crippen LogP contribution in [0.5, 0.6) is 0 Å². The number of amides is 1. The predicted octanol–water partition coefficient (Wildman–Crippen LogP) is 5.10. The van der Waals surface area contributed by atoms with Crippen molar-refractivity contribution in [2.75, 3.05) is 5.32 Å². The number of carbonyl (C=O) groups excluding carboxylic acids is 2. The fourth-order valence-corrected chi connectivity index (χ4v) is 2.81. The summed E-state index contributed by atoms with van der Waals surface area (Å²) in [6, 6.07) is 8.37. The average Bonchev–Trinajstić information content (AvgIpc) is 2.53. The molecule has 0 bridgehead atoms. The smallest absolute Gasteiger partial charge is 0.338 e. The Morgan fingerprint density at radius 1 is 1.00 bits per heavy atom. The second-order valence-corrected chi connectivity index (χ2v) is 6.75. The number of esters is 1. The van der Waals surface area contributed by atoms with E-state index in [2.05, 4.69) is 5.32 Å². The molecule has 0 aliphatic rings. The minimum absolute atomic E-state index is 0.233. The molecule has 0 aromatic heterocycles. The third kappa shape index (κ3) is 4.74. The van der Waals surface area contributed by atoms with E-state index in [1.54, 1.807) is 0 Å². The van der Waals surface area contributed by atoms with Crippen LogP contribution in [-0.2, 0) is 9.53 Å². The maximum atomic E-state index is 12.4. The molecule has 0 unspecified atom stereocenters. The largest absolute Gasteiger partial charge is 0.449 e. The fraction of sp³-hybridized carbons (Fsp3) is 0.263. The number of halogens is 2. The van der Waals surface area contributed by atoms with Crippen molar-refractivity contribution < 1.29 is 14.3 Å². The van der Waals surface area contributed by atoms with E-state index in [4.69, 9.17) is 27.9 Å². The Labute approximate surface area is 157 Å². The molecular weight excluding hydrogens is 361 g/mol. The quantitative estimate of drug-likeness (QED) is 0.751. The number of rotatable bonds is 4. The normalized spacial score (nSPS) is 11.8. The van der Waals surface area contributed by atoms with Gasteiger partial charge >= 0.3 is 5.97 Å². The molecule has 2 aromatic rings. The summed E-state index contributed by atoms with van der Waals surface area (Å²) in [4.78, 5) is 24.5. The highest BCUT2D eigenvalue weighted by Gasteiger charge is 2.20. The first-order chi connectivity index (χ1) is 11.7. The van der Waals surface area contributed by atoms with E-state index < -0.39 is 18.0 Å². The van der Waals surface area contributed by atoms with E-state index in [0.717, 1.165) is 22.4 Å². The molecular formula is C19H19Cl2NO3. The lowest BCUT2D eigenvalue weighted by atomic mass is 10.0. The van der Waals surface area contributed by atoms with Gasteiger partial charge in [-0.05, 0) is 57.0 Å². The molecule has 1 atom stereocenters. The lowest BCUT2D eigenvalue weighted by molar-refractivity contribution is -0.123. The van der Waals surface area contributed by atoms with Gasteiger partial charge in [0.15, 0.2) is 6.10 Å². The zero-order valence-corrected chi connectivity index (χ0v) is 16.0. The molecule has 25 heavy (non-hydrogen) atoms. The van der Waals surface area contributed by atoms with Crippen molar-refractivity contribution >= 4 is 40.8 Å². The van der Waals surface area contributed by atoms with Crippen LogP contribution in [0.4, 0.5) is 5.69 Å². The van der Waals surface area contributed by atoms with Crippen LogP contribution in [0.2, 0.25) is 10.0 Å². The number of hydrogen-bond donors (Lipinski definition) is 1. The van der Waals surface area contributed by atoms with Gasteiger partial charge in [-0.1, -0.05) is 40.9 Å². The Kier molecular flexibility index (Phi) is 6.09. The average molecular weight is 380 g/mol. The molecule has 0 aliphatic heterocycles. The number of hydrogen-bond acceptors (Lipinski definition) is 3. The Bertz CT molecular complexity index is 810. The van der Waals surface area contributed by atoms with Crippen molar-refractivity contribution in [3.8, 4) is 0 Å². The molecule has 0 radical (unpaired) electrons. The van der Waals surface area contributed by atoms with E-state index in [9.17, 15) is 9.59 Å². The van der Waals surface area contributed by atoms with Crippen LogP contribution < -0.4 is 5.32 Å². The van der Waals surface area contributed by atoms with Gasteiger partial charge in [0.2, 0.25) is 0 Å². The van der Waals surface area contributed by atoms with Crippen molar-refractivity contribution in [3.05, 3.63) is 62.6 Å². The molecule has 132 valence electrons. The highest BCUT2D eigenvalue weighted by Crippen LogP contribution is 2.24. The molecule has 0 heterocycles. The highest BCUT2D eigenvalue weighted by atomic mass is 35.5. The molecule has 0 spiro atoms. The number of aryl methyl sites for hydroxylation is 3. The molecule has 1 amide bonds. The van der Waals surface area contributed by atoms with Crippen molar-refractivity contribution in [3.63, 3.8) is 0 Å². The van der Waals surface area contributed by atoms with Crippen LogP contribution in [0.1, 0.15) is 34.0 Å². The van der Waals surface area contributed by atoms with Gasteiger partial charge in [0.25, 0.3) is 5.91 Å². The first-order valence-corrected chi connectivity index (χ1v) is 8.49. The molecule has 0 saturated carbocycles. The SMILES string of the molecule is Cc1cc(C)c(NC(=O)[C@@H](C)OC(=O)c2ccc(Cl)c(Cl)c2)c(C)c1. The highest BCUT2D eigenvalue weighted by molar-refractivity contribution is 6.42. The van der Waals surface area contributed by atoms with E-state index in [1.165, 1.54) is 25.1 Å². The van der Waals surface area contributed by atoms with E-state index in [0.29, 0.717) is 5.02 Å². The lowest BCUT2D eigenvalue weighted by Crippen LogP contribution is -2.30. The second-order valence-electron chi connectivity index (χ2n) is 5.94. The summed E-state index contributed by atoms with van der Waals surface area (Å²) in [5, 5.41) is 3.41. The molecule has 0 fully saturated rings. The molecule has 2 aromatic carbocycles. The summed E-state index contributed by atoms with van der Waals surface area (Å²) in [5.74, 6) is -1.04. The zero-order chi connectivity index (χ0) is 18.7. The number of nitrogens with one attached hydrogen (secondary N) is 1. The Balaban J connectivity index is 2.07. The summed E-state index contributed by atoms with van der Waals surface area (Å²) in [7, 11) is 0. The van der Waals surface area contributed by atoms with Gasteiger partial charge in [0.1, 0.15) is 0 Å². The number of carbonyl (C=O) groups is 2. The van der Waals surface area contributed by atoms with E-state index in [1.807, 2.05) is 32.9 Å². The molecule has 6 heteroatoms. The minimum atomic E-state index is -0.956. The molecule has 0 aliphatic carbocycles. The molecule has 2 rings (SSSR count). The Morgan fingerprint density at radius 3 is 2.16 bits per heavy atom. The topological polar surface area (TPSA) is 55.4 Å². The van der Waals surface area contributed by atoms with E-state index in [-0.39, 0.29) is 10.6 Å². The fourth-order valence-electron chi connectivity index (χ4n) is 2.51. The predicted molar refractivity (Wildman–Crippen MR) is 101 cm³/mol. The van der Waals surface area contributed by atoms with Gasteiger partial charge in [-0.25, -0.2) is 4.79 Å². The van der Waals surface area contributed by atoms with Gasteiger partial charge in [-0.3, -0.25) is 4.79 Å². The first kappa shape index (κ1) is 19.3. The molecule has 0 saturated heterocycles. The summed E-state index contributed by atoms with van der Waals surface area (Å²) in [6.07, 6.45) is -0.956. The van der Waals surface area contributed by atoms with Crippen molar-refractivity contribution in [1.29, 1.82) is 0 Å². The van der Waals surface area contributed by atoms with Gasteiger partial charge in [-0.2, -0.15) is 0 Å². The number of benzene rings is 2. The van der Waals surface area contributed by atoms with Gasteiger partial charge < -0.3 is 10.1 Å². The van der Waals surface area contributed by atoms with Crippen LogP contribution >= 0.6 is 23.2 Å². The van der Waals surface area contributed by atoms with Crippen molar-refractivity contribution in [2.45, 2.75) is 33.8 Å². The second kappa shape index (κ2) is 7.89. The van der Waals surface area contributed by atoms with Crippen molar-refractivity contribution in [2.24, 2.45) is 0 Å². The van der Waals surface area contributed by atoms with E-state index >= 15 is 0 Å². The van der Waals surface area contributed by atoms with Crippen LogP contribution in [0, 0.1) is 20.8 Å². The Morgan fingerprint density at radius 2 is 1.60 bits per heavy atom. The number of ether oxygens (including phenoxy) is 1. The van der Waals surface area contributed by atoms with Gasteiger partial charge in [-0.15, -0.1) is 0 Å². The first-order valence-electron chi connectivity index (χ1n) is 7.73. The summed E-state index contributed by atoms with van der Waals surface area (Å²) >= 11 is 11.7. The minimum Gasteiger partial charge on any atom is -0.449 e. The molecule has 1 N–H and O–H groups in total. The summed E-state index contributed by atoms with van der Waals surface area (Å²) in [5.41, 5.74) is 3.99. The maximum absolute atomic E-state index is 12.4. The number of anilines is 1. The molecule has 4 nitrogen and oxygen atoms in total. The van der Waals surface area contributed by atoms with Crippen LogP contribution in [-0.4, -0.2) is 18.0 Å².